The number of hydrogen-bond acceptors (Lipinski definition) is 3. The molecule has 1 N–H and O–H groups in total. The molecule has 2 nitrogen and oxygen atoms in total. The van der Waals surface area contributed by atoms with Crippen molar-refractivity contribution in [2.75, 3.05) is 13.7 Å². The molecular weight excluding hydrogens is 242 g/mol. The summed E-state index contributed by atoms with van der Waals surface area (Å²) in [4.78, 5) is 1.29. The second-order valence-corrected chi connectivity index (χ2v) is 5.18. The lowest BCUT2D eigenvalue weighted by Crippen LogP contribution is -2.21. The van der Waals surface area contributed by atoms with Gasteiger partial charge in [0.2, 0.25) is 0 Å². The number of thiophene rings is 1. The lowest BCUT2D eigenvalue weighted by atomic mass is 10.00. The van der Waals surface area contributed by atoms with Gasteiger partial charge in [-0.3, -0.25) is 0 Å². The first-order valence-electron chi connectivity index (χ1n) is 6.17. The van der Waals surface area contributed by atoms with Gasteiger partial charge in [-0.25, -0.2) is 0 Å². The van der Waals surface area contributed by atoms with Crippen molar-refractivity contribution in [1.82, 2.24) is 5.32 Å². The fourth-order valence-electron chi connectivity index (χ4n) is 2.07. The Morgan fingerprint density at radius 2 is 2.11 bits per heavy atom. The second kappa shape index (κ2) is 6.03. The van der Waals surface area contributed by atoms with Crippen LogP contribution in [0, 0.1) is 6.92 Å². The van der Waals surface area contributed by atoms with Crippen molar-refractivity contribution >= 4 is 11.3 Å². The third-order valence-electron chi connectivity index (χ3n) is 3.02. The maximum Gasteiger partial charge on any atom is 0.129 e. The van der Waals surface area contributed by atoms with Gasteiger partial charge in [0, 0.05) is 10.3 Å². The van der Waals surface area contributed by atoms with E-state index in [4.69, 9.17) is 4.74 Å². The van der Waals surface area contributed by atoms with Crippen LogP contribution in [-0.2, 0) is 0 Å². The van der Waals surface area contributed by atoms with E-state index in [0.29, 0.717) is 0 Å². The standard InChI is InChI=1S/C15H19NOS/c1-4-16-15(13-8-6-5-7-11(13)2)14-9-12(17-3)10-18-14/h5-10,15-16H,4H2,1-3H3. The first-order chi connectivity index (χ1) is 8.76. The number of hydrogen-bond donors (Lipinski definition) is 1. The maximum absolute atomic E-state index is 5.27. The van der Waals surface area contributed by atoms with Crippen molar-refractivity contribution in [1.29, 1.82) is 0 Å². The molecule has 0 saturated carbocycles. The number of aryl methyl sites for hydroxylation is 1. The molecular formula is C15H19NOS. The summed E-state index contributed by atoms with van der Waals surface area (Å²) in [5.41, 5.74) is 2.65. The van der Waals surface area contributed by atoms with Crippen molar-refractivity contribution in [3.63, 3.8) is 0 Å². The molecule has 0 amide bonds. The summed E-state index contributed by atoms with van der Waals surface area (Å²) in [6.07, 6.45) is 0. The predicted octanol–water partition coefficient (Wildman–Crippen LogP) is 3.76. The summed E-state index contributed by atoms with van der Waals surface area (Å²) in [6, 6.07) is 10.9. The zero-order chi connectivity index (χ0) is 13.0. The predicted molar refractivity (Wildman–Crippen MR) is 77.6 cm³/mol. The monoisotopic (exact) mass is 261 g/mol. The molecule has 1 aromatic carbocycles. The molecule has 0 radical (unpaired) electrons. The van der Waals surface area contributed by atoms with Gasteiger partial charge in [0.1, 0.15) is 5.75 Å². The van der Waals surface area contributed by atoms with Crippen molar-refractivity contribution < 1.29 is 4.74 Å². The van der Waals surface area contributed by atoms with Crippen LogP contribution in [0.4, 0.5) is 0 Å². The summed E-state index contributed by atoms with van der Waals surface area (Å²) in [5, 5.41) is 5.60. The molecule has 2 rings (SSSR count). The van der Waals surface area contributed by atoms with Gasteiger partial charge < -0.3 is 10.1 Å². The average Bonchev–Trinajstić information content (AvgIpc) is 2.85. The molecule has 3 heteroatoms. The molecule has 0 aliphatic rings. The van der Waals surface area contributed by atoms with E-state index in [1.807, 2.05) is 0 Å². The zero-order valence-corrected chi connectivity index (χ0v) is 11.9. The molecule has 1 heterocycles. The van der Waals surface area contributed by atoms with Crippen LogP contribution in [0.5, 0.6) is 5.75 Å². The largest absolute Gasteiger partial charge is 0.496 e. The van der Waals surface area contributed by atoms with Crippen LogP contribution in [0.1, 0.15) is 29.0 Å². The third-order valence-corrected chi connectivity index (χ3v) is 4.00. The fourth-order valence-corrected chi connectivity index (χ4v) is 3.02. The summed E-state index contributed by atoms with van der Waals surface area (Å²) in [7, 11) is 1.71. The van der Waals surface area contributed by atoms with Crippen LogP contribution in [-0.4, -0.2) is 13.7 Å². The third kappa shape index (κ3) is 2.74. The molecule has 1 atom stereocenters. The van der Waals surface area contributed by atoms with E-state index in [1.165, 1.54) is 16.0 Å². The summed E-state index contributed by atoms with van der Waals surface area (Å²) >= 11 is 1.74. The summed E-state index contributed by atoms with van der Waals surface area (Å²) in [6.45, 7) is 5.24. The van der Waals surface area contributed by atoms with Crippen molar-refractivity contribution in [3.8, 4) is 5.75 Å². The number of rotatable bonds is 5. The molecule has 0 spiro atoms. The Morgan fingerprint density at radius 3 is 2.72 bits per heavy atom. The number of ether oxygens (including phenoxy) is 1. The Balaban J connectivity index is 2.36. The first kappa shape index (κ1) is 13.1. The Morgan fingerprint density at radius 1 is 1.33 bits per heavy atom. The number of nitrogens with one attached hydrogen (secondary N) is 1. The van der Waals surface area contributed by atoms with E-state index in [1.54, 1.807) is 18.4 Å². The van der Waals surface area contributed by atoms with Gasteiger partial charge in [-0.2, -0.15) is 0 Å². The fraction of sp³-hybridized carbons (Fsp3) is 0.333. The second-order valence-electron chi connectivity index (χ2n) is 4.24. The smallest absolute Gasteiger partial charge is 0.129 e. The number of benzene rings is 1. The summed E-state index contributed by atoms with van der Waals surface area (Å²) < 4.78 is 5.27. The Kier molecular flexibility index (Phi) is 4.39. The topological polar surface area (TPSA) is 21.3 Å². The van der Waals surface area contributed by atoms with E-state index in [2.05, 4.69) is 54.9 Å². The van der Waals surface area contributed by atoms with Crippen molar-refractivity contribution in [3.05, 3.63) is 51.7 Å². The maximum atomic E-state index is 5.27. The molecule has 1 aromatic heterocycles. The molecule has 18 heavy (non-hydrogen) atoms. The van der Waals surface area contributed by atoms with E-state index in [9.17, 15) is 0 Å². The SMILES string of the molecule is CCNC(c1cc(OC)cs1)c1ccccc1C. The van der Waals surface area contributed by atoms with E-state index in [0.717, 1.165) is 12.3 Å². The van der Waals surface area contributed by atoms with Crippen molar-refractivity contribution in [2.24, 2.45) is 0 Å². The molecule has 0 saturated heterocycles. The van der Waals surface area contributed by atoms with Crippen LogP contribution in [0.3, 0.4) is 0 Å². The van der Waals surface area contributed by atoms with Gasteiger partial charge in [0.25, 0.3) is 0 Å². The first-order valence-corrected chi connectivity index (χ1v) is 7.05. The van der Waals surface area contributed by atoms with E-state index in [-0.39, 0.29) is 6.04 Å². The molecule has 0 aliphatic carbocycles. The molecule has 96 valence electrons. The van der Waals surface area contributed by atoms with E-state index < -0.39 is 0 Å². The van der Waals surface area contributed by atoms with Gasteiger partial charge >= 0.3 is 0 Å². The average molecular weight is 261 g/mol. The Bertz CT molecular complexity index is 507. The summed E-state index contributed by atoms with van der Waals surface area (Å²) in [5.74, 6) is 0.937. The molecule has 0 bridgehead atoms. The van der Waals surface area contributed by atoms with Gasteiger partial charge in [-0.15, -0.1) is 11.3 Å². The van der Waals surface area contributed by atoms with Gasteiger partial charge in [-0.1, -0.05) is 31.2 Å². The molecule has 2 aromatic rings. The highest BCUT2D eigenvalue weighted by Crippen LogP contribution is 2.32. The quantitative estimate of drug-likeness (QED) is 0.884. The van der Waals surface area contributed by atoms with Crippen LogP contribution in [0.25, 0.3) is 0 Å². The van der Waals surface area contributed by atoms with Gasteiger partial charge in [0.05, 0.1) is 13.2 Å². The van der Waals surface area contributed by atoms with Crippen LogP contribution in [0.15, 0.2) is 35.7 Å². The Labute approximate surface area is 113 Å². The minimum atomic E-state index is 0.255. The molecule has 0 aliphatic heterocycles. The molecule has 1 unspecified atom stereocenters. The van der Waals surface area contributed by atoms with Crippen LogP contribution < -0.4 is 10.1 Å². The minimum absolute atomic E-state index is 0.255. The lowest BCUT2D eigenvalue weighted by Gasteiger charge is -2.19. The normalized spacial score (nSPS) is 12.4. The lowest BCUT2D eigenvalue weighted by molar-refractivity contribution is 0.416. The van der Waals surface area contributed by atoms with Gasteiger partial charge in [-0.05, 0) is 30.7 Å². The Hall–Kier alpha value is -1.32. The van der Waals surface area contributed by atoms with Crippen molar-refractivity contribution in [2.45, 2.75) is 19.9 Å². The highest BCUT2D eigenvalue weighted by Gasteiger charge is 2.16. The van der Waals surface area contributed by atoms with Crippen LogP contribution >= 0.6 is 11.3 Å². The van der Waals surface area contributed by atoms with Crippen LogP contribution in [0.2, 0.25) is 0 Å². The highest BCUT2D eigenvalue weighted by molar-refractivity contribution is 7.10. The minimum Gasteiger partial charge on any atom is -0.496 e. The molecule has 0 fully saturated rings. The highest BCUT2D eigenvalue weighted by atomic mass is 32.1. The van der Waals surface area contributed by atoms with E-state index >= 15 is 0 Å². The number of methoxy groups -OCH3 is 1. The van der Waals surface area contributed by atoms with Gasteiger partial charge in [0.15, 0.2) is 0 Å². The zero-order valence-electron chi connectivity index (χ0n) is 11.1.